The first-order chi connectivity index (χ1) is 18.7. The number of hydrogen-bond acceptors (Lipinski definition) is 4. The van der Waals surface area contributed by atoms with E-state index >= 15 is 0 Å². The third-order valence-electron chi connectivity index (χ3n) is 10.7. The molecule has 1 aromatic carbocycles. The van der Waals surface area contributed by atoms with E-state index < -0.39 is 0 Å². The van der Waals surface area contributed by atoms with Gasteiger partial charge in [0.25, 0.3) is 0 Å². The summed E-state index contributed by atoms with van der Waals surface area (Å²) in [6, 6.07) is 5.15. The van der Waals surface area contributed by atoms with Gasteiger partial charge in [-0.05, 0) is 108 Å². The Balaban J connectivity index is 1.27. The summed E-state index contributed by atoms with van der Waals surface area (Å²) < 4.78 is 6.70. The van der Waals surface area contributed by atoms with Crippen molar-refractivity contribution >= 4 is 0 Å². The maximum Gasteiger partial charge on any atom is 0.127 e. The SMILES string of the molecule is CCCCCCC(C)(C)c1cc(O)c2c(c1)OC(C)(C)[C@H]1CC=C(CN3CCC(N4CCCCC4)CC3)C[C@H]21. The fourth-order valence-electron chi connectivity index (χ4n) is 8.14. The van der Waals surface area contributed by atoms with Gasteiger partial charge in [-0.2, -0.15) is 0 Å². The molecule has 0 saturated carbocycles. The molecular formula is C35H56N2O2. The molecule has 0 aromatic heterocycles. The molecule has 2 atom stereocenters. The van der Waals surface area contributed by atoms with Crippen molar-refractivity contribution in [2.75, 3.05) is 32.7 Å². The van der Waals surface area contributed by atoms with Crippen molar-refractivity contribution in [2.45, 2.75) is 135 Å². The van der Waals surface area contributed by atoms with E-state index in [9.17, 15) is 5.11 Å². The summed E-state index contributed by atoms with van der Waals surface area (Å²) >= 11 is 0. The molecular weight excluding hydrogens is 480 g/mol. The van der Waals surface area contributed by atoms with Crippen LogP contribution in [0.2, 0.25) is 0 Å². The molecule has 0 spiro atoms. The lowest BCUT2D eigenvalue weighted by molar-refractivity contribution is 0.00664. The minimum Gasteiger partial charge on any atom is -0.508 e. The normalized spacial score (nSPS) is 26.4. The largest absolute Gasteiger partial charge is 0.508 e. The minimum absolute atomic E-state index is 0.0303. The zero-order valence-electron chi connectivity index (χ0n) is 25.7. The van der Waals surface area contributed by atoms with Crippen LogP contribution in [0.4, 0.5) is 0 Å². The van der Waals surface area contributed by atoms with Gasteiger partial charge in [0.2, 0.25) is 0 Å². The van der Waals surface area contributed by atoms with E-state index in [1.54, 1.807) is 5.57 Å². The van der Waals surface area contributed by atoms with E-state index in [4.69, 9.17) is 4.74 Å². The molecule has 39 heavy (non-hydrogen) atoms. The van der Waals surface area contributed by atoms with Crippen LogP contribution in [0, 0.1) is 5.92 Å². The molecule has 218 valence electrons. The standard InChI is InChI=1S/C35H56N2O2/c1-6-7-8-10-17-34(2,3)27-23-31(38)33-29-22-26(13-14-30(29)35(4,5)39-32(33)24-27)25-36-20-15-28(16-21-36)37-18-11-9-12-19-37/h13,23-24,28-30,38H,6-12,14-22,25H2,1-5H3/t29-,30-/m0/s1. The van der Waals surface area contributed by atoms with Gasteiger partial charge in [0.15, 0.2) is 0 Å². The van der Waals surface area contributed by atoms with Gasteiger partial charge in [-0.25, -0.2) is 0 Å². The number of nitrogens with zero attached hydrogens (tertiary/aromatic N) is 2. The first-order valence-electron chi connectivity index (χ1n) is 16.4. The number of benzene rings is 1. The van der Waals surface area contributed by atoms with Crippen molar-refractivity contribution in [3.8, 4) is 11.5 Å². The molecule has 3 heterocycles. The Kier molecular flexibility index (Phi) is 9.03. The molecule has 1 N–H and O–H groups in total. The lowest BCUT2D eigenvalue weighted by atomic mass is 9.66. The number of rotatable bonds is 9. The Morgan fingerprint density at radius 2 is 1.74 bits per heavy atom. The van der Waals surface area contributed by atoms with E-state index in [2.05, 4.69) is 62.6 Å². The number of phenols is 1. The van der Waals surface area contributed by atoms with E-state index in [1.807, 2.05) is 0 Å². The molecule has 1 aliphatic carbocycles. The predicted molar refractivity (Wildman–Crippen MR) is 163 cm³/mol. The van der Waals surface area contributed by atoms with Crippen molar-refractivity contribution in [1.29, 1.82) is 0 Å². The van der Waals surface area contributed by atoms with Gasteiger partial charge >= 0.3 is 0 Å². The molecule has 0 bridgehead atoms. The maximum atomic E-state index is 11.5. The molecule has 2 fully saturated rings. The van der Waals surface area contributed by atoms with Gasteiger partial charge in [-0.1, -0.05) is 64.5 Å². The number of ether oxygens (including phenoxy) is 1. The summed E-state index contributed by atoms with van der Waals surface area (Å²) in [4.78, 5) is 5.47. The van der Waals surface area contributed by atoms with Crippen LogP contribution in [0.5, 0.6) is 11.5 Å². The van der Waals surface area contributed by atoms with Crippen molar-refractivity contribution in [1.82, 2.24) is 9.80 Å². The number of phenolic OH excluding ortho intramolecular Hbond substituents is 1. The minimum atomic E-state index is -0.233. The van der Waals surface area contributed by atoms with Crippen LogP contribution in [0.15, 0.2) is 23.8 Å². The number of fused-ring (bicyclic) bond motifs is 3. The Hall–Kier alpha value is -1.52. The third kappa shape index (κ3) is 6.53. The molecule has 2 saturated heterocycles. The van der Waals surface area contributed by atoms with E-state index in [0.717, 1.165) is 43.2 Å². The van der Waals surface area contributed by atoms with Crippen LogP contribution < -0.4 is 4.74 Å². The van der Waals surface area contributed by atoms with Gasteiger partial charge in [-0.3, -0.25) is 4.90 Å². The number of piperidine rings is 2. The molecule has 4 heteroatoms. The van der Waals surface area contributed by atoms with E-state index in [1.165, 1.54) is 89.5 Å². The summed E-state index contributed by atoms with van der Waals surface area (Å²) in [7, 11) is 0. The monoisotopic (exact) mass is 536 g/mol. The summed E-state index contributed by atoms with van der Waals surface area (Å²) in [5, 5.41) is 11.5. The van der Waals surface area contributed by atoms with Gasteiger partial charge in [0.1, 0.15) is 17.1 Å². The van der Waals surface area contributed by atoms with Crippen LogP contribution in [-0.4, -0.2) is 59.3 Å². The Bertz CT molecular complexity index is 998. The molecule has 0 unspecified atom stereocenters. The van der Waals surface area contributed by atoms with Crippen LogP contribution in [0.1, 0.15) is 129 Å². The highest BCUT2D eigenvalue weighted by molar-refractivity contribution is 5.54. The van der Waals surface area contributed by atoms with E-state index in [-0.39, 0.29) is 11.0 Å². The van der Waals surface area contributed by atoms with Crippen LogP contribution in [-0.2, 0) is 5.41 Å². The van der Waals surface area contributed by atoms with Crippen molar-refractivity contribution in [3.63, 3.8) is 0 Å². The first kappa shape index (κ1) is 29.0. The highest BCUT2D eigenvalue weighted by atomic mass is 16.5. The lowest BCUT2D eigenvalue weighted by Gasteiger charge is -2.48. The molecule has 0 radical (unpaired) electrons. The average Bonchev–Trinajstić information content (AvgIpc) is 2.91. The molecule has 1 aromatic rings. The number of aromatic hydroxyl groups is 1. The number of allylic oxidation sites excluding steroid dienone is 1. The first-order valence-corrected chi connectivity index (χ1v) is 16.4. The van der Waals surface area contributed by atoms with Gasteiger partial charge in [0.05, 0.1) is 0 Å². The number of unbranched alkanes of at least 4 members (excludes halogenated alkanes) is 3. The Morgan fingerprint density at radius 3 is 2.46 bits per heavy atom. The summed E-state index contributed by atoms with van der Waals surface area (Å²) in [5.41, 5.74) is 3.65. The van der Waals surface area contributed by atoms with Crippen LogP contribution in [0.25, 0.3) is 0 Å². The average molecular weight is 537 g/mol. The molecule has 5 rings (SSSR count). The molecule has 0 amide bonds. The van der Waals surface area contributed by atoms with Crippen LogP contribution >= 0.6 is 0 Å². The fourth-order valence-corrected chi connectivity index (χ4v) is 8.14. The van der Waals surface area contributed by atoms with Gasteiger partial charge in [0, 0.05) is 30.0 Å². The second kappa shape index (κ2) is 12.1. The zero-order chi connectivity index (χ0) is 27.6. The zero-order valence-corrected chi connectivity index (χ0v) is 25.7. The molecule has 4 aliphatic rings. The Morgan fingerprint density at radius 1 is 1.00 bits per heavy atom. The maximum absolute atomic E-state index is 11.5. The van der Waals surface area contributed by atoms with Crippen molar-refractivity contribution in [3.05, 3.63) is 34.9 Å². The second-order valence-electron chi connectivity index (χ2n) is 14.4. The van der Waals surface area contributed by atoms with Crippen LogP contribution in [0.3, 0.4) is 0 Å². The highest BCUT2D eigenvalue weighted by Crippen LogP contribution is 2.55. The fraction of sp³-hybridized carbons (Fsp3) is 0.771. The molecule has 3 aliphatic heterocycles. The Labute approximate surface area is 239 Å². The third-order valence-corrected chi connectivity index (χ3v) is 10.7. The predicted octanol–water partition coefficient (Wildman–Crippen LogP) is 8.18. The summed E-state index contributed by atoms with van der Waals surface area (Å²) in [6.07, 6.45) is 17.7. The second-order valence-corrected chi connectivity index (χ2v) is 14.4. The topological polar surface area (TPSA) is 35.9 Å². The quantitative estimate of drug-likeness (QED) is 0.255. The summed E-state index contributed by atoms with van der Waals surface area (Å²) in [6.45, 7) is 17.6. The van der Waals surface area contributed by atoms with E-state index in [0.29, 0.717) is 17.6 Å². The smallest absolute Gasteiger partial charge is 0.127 e. The van der Waals surface area contributed by atoms with Crippen molar-refractivity contribution in [2.24, 2.45) is 5.92 Å². The van der Waals surface area contributed by atoms with Crippen molar-refractivity contribution < 1.29 is 9.84 Å². The number of likely N-dealkylation sites (tertiary alicyclic amines) is 2. The molecule has 4 nitrogen and oxygen atoms in total. The highest BCUT2D eigenvalue weighted by Gasteiger charge is 2.46. The summed E-state index contributed by atoms with van der Waals surface area (Å²) in [5.74, 6) is 2.12. The van der Waals surface area contributed by atoms with Gasteiger partial charge in [-0.15, -0.1) is 0 Å². The lowest BCUT2D eigenvalue weighted by Crippen LogP contribution is -2.48. The van der Waals surface area contributed by atoms with Gasteiger partial charge < -0.3 is 14.7 Å². The number of hydrogen-bond donors (Lipinski definition) is 1.